The molecule has 1 aromatic carbocycles. The fraction of sp³-hybridized carbons (Fsp3) is 0.868. The van der Waals surface area contributed by atoms with E-state index >= 15 is 0 Å². The number of nitrogens with one attached hydrogen (secondary N) is 4. The predicted octanol–water partition coefficient (Wildman–Crippen LogP) is 2.96. The minimum atomic E-state index is -0.169. The molecule has 0 radical (unpaired) electrons. The number of benzene rings is 1. The fourth-order valence-corrected chi connectivity index (χ4v) is 9.64. The van der Waals surface area contributed by atoms with E-state index in [-0.39, 0.29) is 102 Å². The Bertz CT molecular complexity index is 2400. The summed E-state index contributed by atoms with van der Waals surface area (Å²) in [6.45, 7) is 23.3. The lowest BCUT2D eigenvalue weighted by molar-refractivity contribution is -0.123. The zero-order chi connectivity index (χ0) is 87.6. The van der Waals surface area contributed by atoms with Crippen LogP contribution in [0.5, 0.6) is 0 Å². The lowest BCUT2D eigenvalue weighted by Gasteiger charge is -2.24. The van der Waals surface area contributed by atoms with Gasteiger partial charge in [-0.3, -0.25) is 29.0 Å². The molecule has 1 rings (SSSR count). The highest BCUT2D eigenvalue weighted by atomic mass is 16.6. The van der Waals surface area contributed by atoms with Crippen LogP contribution in [0.4, 0.5) is 0 Å². The van der Waals surface area contributed by atoms with Crippen LogP contribution < -0.4 is 21.3 Å². The molecule has 4 N–H and O–H groups in total. The van der Waals surface area contributed by atoms with E-state index in [0.29, 0.717) is 356 Å². The molecule has 1 aromatic rings. The first-order valence-corrected chi connectivity index (χ1v) is 41.8. The highest BCUT2D eigenvalue weighted by molar-refractivity contribution is 5.77. The van der Waals surface area contributed by atoms with Gasteiger partial charge in [0.1, 0.15) is 0 Å². The minimum absolute atomic E-state index is 0.157. The molecule has 0 fully saturated rings. The quantitative estimate of drug-likeness (QED) is 0.0315. The first-order chi connectivity index (χ1) is 60.3. The maximum atomic E-state index is 13.0. The Labute approximate surface area is 717 Å². The van der Waals surface area contributed by atoms with Gasteiger partial charge in [-0.15, -0.1) is 0 Å². The Morgan fingerprint density at radius 3 is 0.492 bits per heavy atom. The van der Waals surface area contributed by atoms with Crippen LogP contribution in [0.3, 0.4) is 0 Å². The highest BCUT2D eigenvalue weighted by Gasteiger charge is 2.14. The molecule has 4 amide bonds. The number of nitrogens with zero attached hydrogens (tertiary/aromatic N) is 14. The summed E-state index contributed by atoms with van der Waals surface area (Å²) in [6, 6.07) is 8.16. The van der Waals surface area contributed by atoms with Gasteiger partial charge in [0.2, 0.25) is 23.6 Å². The van der Waals surface area contributed by atoms with Gasteiger partial charge < -0.3 is 135 Å². The molecule has 46 heteroatoms. The molecule has 0 atom stereocenters. The molecule has 0 saturated carbocycles. The van der Waals surface area contributed by atoms with E-state index in [1.807, 2.05) is 24.3 Å². The van der Waals surface area contributed by atoms with Gasteiger partial charge in [-0.2, -0.15) is 0 Å². The largest absolute Gasteiger partial charge is 0.379 e. The van der Waals surface area contributed by atoms with Crippen LogP contribution in [0.1, 0.15) is 36.8 Å². The third-order valence-electron chi connectivity index (χ3n) is 15.8. The normalized spacial score (nSPS) is 11.2. The maximum Gasteiger partial charge on any atom is 0.222 e. The topological polar surface area (TPSA) is 539 Å². The van der Waals surface area contributed by atoms with Crippen LogP contribution in [0.25, 0.3) is 41.8 Å². The van der Waals surface area contributed by atoms with Crippen molar-refractivity contribution >= 4 is 23.6 Å². The van der Waals surface area contributed by atoms with Crippen molar-refractivity contribution < 1.29 is 133 Å². The number of hydrogen-bond acceptors (Lipinski definition) is 34. The van der Waals surface area contributed by atoms with Gasteiger partial charge in [0, 0.05) is 137 Å². The van der Waals surface area contributed by atoms with Crippen molar-refractivity contribution in [2.45, 2.75) is 38.8 Å². The Morgan fingerprint density at radius 1 is 0.221 bits per heavy atom. The lowest BCUT2D eigenvalue weighted by Crippen LogP contribution is -2.39. The van der Waals surface area contributed by atoms with Crippen LogP contribution in [0.2, 0.25) is 0 Å². The molecule has 0 saturated heterocycles. The molecule has 702 valence electrons. The molecule has 0 heterocycles. The van der Waals surface area contributed by atoms with E-state index in [1.165, 1.54) is 0 Å². The number of ether oxygens (including phenoxy) is 24. The van der Waals surface area contributed by atoms with Crippen molar-refractivity contribution in [3.8, 4) is 0 Å². The summed E-state index contributed by atoms with van der Waals surface area (Å²) in [4.78, 5) is 66.9. The van der Waals surface area contributed by atoms with E-state index in [1.54, 1.807) is 0 Å². The van der Waals surface area contributed by atoms with Gasteiger partial charge in [-0.25, -0.2) is 0 Å². The van der Waals surface area contributed by atoms with E-state index in [4.69, 9.17) is 136 Å². The molecule has 0 bridgehead atoms. The average molecular weight is 1750 g/mol. The summed E-state index contributed by atoms with van der Waals surface area (Å²) in [7, 11) is 0. The van der Waals surface area contributed by atoms with Crippen LogP contribution >= 0.6 is 0 Å². The van der Waals surface area contributed by atoms with Crippen LogP contribution in [0.15, 0.2) is 44.7 Å². The van der Waals surface area contributed by atoms with E-state index < -0.39 is 0 Å². The minimum Gasteiger partial charge on any atom is -0.379 e. The molecule has 0 aromatic heterocycles. The number of carbonyl (C=O) groups is 4. The molecule has 46 nitrogen and oxygen atoms in total. The van der Waals surface area contributed by atoms with Crippen LogP contribution in [0, 0.1) is 0 Å². The molecular formula is C76H140N18O28. The van der Waals surface area contributed by atoms with E-state index in [9.17, 15) is 19.2 Å². The lowest BCUT2D eigenvalue weighted by atomic mass is 10.1. The summed E-state index contributed by atoms with van der Waals surface area (Å²) < 4.78 is 132. The van der Waals surface area contributed by atoms with E-state index in [2.05, 4.69) is 71.2 Å². The van der Waals surface area contributed by atoms with Gasteiger partial charge in [0.05, 0.1) is 317 Å². The third kappa shape index (κ3) is 88.2. The SMILES string of the molecule is [N-]=[N+]=NCCOCCOCCOCCOCCOCCOCCC(=O)NCCN(CCNC(=O)CCOCCOCCOCCOCCOCCOCCN=[N+]=[N-])Cc1ccc(CN(CCNC(=O)CCOCCOCCOCCOCCOCCOCCN=[N+]=[N-])CCNC(=O)CCOCCOCCOCCOCCOCCOCCN=[N+]=[N-])cc1. The Balaban J connectivity index is 2.75. The Kier molecular flexibility index (Phi) is 89.6. The standard InChI is InChI=1S/C76H140N18O28/c77-89-85-13-25-103-33-41-111-49-57-119-65-61-115-53-45-107-37-29-99-21-5-73(95)81-9-17-93(18-10-82-74(96)6-22-100-30-38-108-46-54-116-62-66-120-58-50-112-42-34-104-26-14-86-90-78)69-71-1-2-72(4-3-71)70-94(19-11-83-75(97)7-23-101-31-39-109-47-55-117-63-67-121-59-51-113-43-35-105-27-15-87-91-79)20-12-84-76(98)8-24-102-32-40-110-48-56-118-64-68-122-60-52-114-44-36-106-28-16-88-92-80/h1-4H,5-70H2,(H,81,95)(H,82,96)(H,83,97)(H,84,98). The van der Waals surface area contributed by atoms with Crippen LogP contribution in [-0.2, 0) is 146 Å². The first kappa shape index (κ1) is 113. The first-order valence-electron chi connectivity index (χ1n) is 41.8. The smallest absolute Gasteiger partial charge is 0.222 e. The number of rotatable bonds is 100. The molecule has 0 aliphatic heterocycles. The number of azide groups is 4. The molecular weight excluding hydrogens is 1610 g/mol. The summed E-state index contributed by atoms with van der Waals surface area (Å²) in [5, 5.41) is 25.6. The highest BCUT2D eigenvalue weighted by Crippen LogP contribution is 2.11. The van der Waals surface area contributed by atoms with Gasteiger partial charge >= 0.3 is 0 Å². The maximum absolute atomic E-state index is 13.0. The van der Waals surface area contributed by atoms with Gasteiger partial charge in [-0.1, -0.05) is 44.7 Å². The second kappa shape index (κ2) is 96.5. The monoisotopic (exact) mass is 1750 g/mol. The summed E-state index contributed by atoms with van der Waals surface area (Å²) in [6.07, 6.45) is 0.627. The number of hydrogen-bond donors (Lipinski definition) is 4. The number of amides is 4. The Hall–Kier alpha value is -6.70. The van der Waals surface area contributed by atoms with Crippen molar-refractivity contribution in [3.63, 3.8) is 0 Å². The predicted molar refractivity (Wildman–Crippen MR) is 443 cm³/mol. The summed E-state index contributed by atoms with van der Waals surface area (Å²) in [5.41, 5.74) is 35.1. The molecule has 122 heavy (non-hydrogen) atoms. The van der Waals surface area contributed by atoms with Gasteiger partial charge in [0.15, 0.2) is 0 Å². The molecule has 0 aliphatic carbocycles. The van der Waals surface area contributed by atoms with Gasteiger partial charge in [-0.05, 0) is 33.3 Å². The van der Waals surface area contributed by atoms with Crippen molar-refractivity contribution in [1.29, 1.82) is 0 Å². The van der Waals surface area contributed by atoms with Crippen molar-refractivity contribution in [3.05, 3.63) is 77.2 Å². The number of carbonyl (C=O) groups excluding carboxylic acids is 4. The summed E-state index contributed by atoms with van der Waals surface area (Å²) >= 11 is 0. The second-order valence-electron chi connectivity index (χ2n) is 25.3. The van der Waals surface area contributed by atoms with Crippen molar-refractivity contribution in [2.75, 3.05) is 396 Å². The molecule has 0 spiro atoms. The molecule has 0 aliphatic rings. The zero-order valence-corrected chi connectivity index (χ0v) is 71.7. The fourth-order valence-electron chi connectivity index (χ4n) is 9.64. The summed E-state index contributed by atoms with van der Waals surface area (Å²) in [5.74, 6) is -0.677. The van der Waals surface area contributed by atoms with E-state index in [0.717, 1.165) is 11.1 Å². The van der Waals surface area contributed by atoms with Gasteiger partial charge in [0.25, 0.3) is 0 Å². The molecule has 0 unspecified atom stereocenters. The second-order valence-corrected chi connectivity index (χ2v) is 25.3. The Morgan fingerprint density at radius 2 is 0.352 bits per heavy atom. The average Bonchev–Trinajstić information content (AvgIpc) is 0.891. The zero-order valence-electron chi connectivity index (χ0n) is 71.7. The third-order valence-corrected chi connectivity index (χ3v) is 15.8. The van der Waals surface area contributed by atoms with Crippen LogP contribution in [-0.4, -0.2) is 429 Å². The van der Waals surface area contributed by atoms with Crippen molar-refractivity contribution in [1.82, 2.24) is 31.1 Å². The van der Waals surface area contributed by atoms with Crippen molar-refractivity contribution in [2.24, 2.45) is 20.5 Å².